The van der Waals surface area contributed by atoms with Crippen molar-refractivity contribution in [2.75, 3.05) is 5.73 Å². The lowest BCUT2D eigenvalue weighted by Crippen LogP contribution is -2.25. The molecular formula is C14H16N2OS. The fourth-order valence-corrected chi connectivity index (χ4v) is 2.55. The minimum absolute atomic E-state index is 0.0117. The van der Waals surface area contributed by atoms with Gasteiger partial charge in [-0.1, -0.05) is 30.3 Å². The Bertz CT molecular complexity index is 529. The monoisotopic (exact) mass is 260 g/mol. The summed E-state index contributed by atoms with van der Waals surface area (Å²) in [5.74, 6) is -0.0730. The second-order valence-electron chi connectivity index (χ2n) is 4.23. The van der Waals surface area contributed by atoms with E-state index in [-0.39, 0.29) is 11.9 Å². The lowest BCUT2D eigenvalue weighted by molar-refractivity contribution is 0.0944. The molecule has 0 spiro atoms. The van der Waals surface area contributed by atoms with Crippen molar-refractivity contribution in [3.8, 4) is 0 Å². The predicted molar refractivity (Wildman–Crippen MR) is 75.8 cm³/mol. The summed E-state index contributed by atoms with van der Waals surface area (Å²) in [6.45, 7) is 3.88. The average molecular weight is 260 g/mol. The van der Waals surface area contributed by atoms with Crippen LogP contribution in [0.15, 0.2) is 36.4 Å². The minimum Gasteiger partial charge on any atom is -0.398 e. The summed E-state index contributed by atoms with van der Waals surface area (Å²) >= 11 is 1.42. The predicted octanol–water partition coefficient (Wildman–Crippen LogP) is 3.13. The molecule has 94 valence electrons. The highest BCUT2D eigenvalue weighted by molar-refractivity contribution is 7.14. The topological polar surface area (TPSA) is 55.1 Å². The van der Waals surface area contributed by atoms with Gasteiger partial charge >= 0.3 is 0 Å². The second kappa shape index (κ2) is 5.23. The molecule has 0 aliphatic carbocycles. The van der Waals surface area contributed by atoms with Gasteiger partial charge in [0.2, 0.25) is 0 Å². The van der Waals surface area contributed by atoms with Gasteiger partial charge in [0.1, 0.15) is 0 Å². The molecule has 3 N–H and O–H groups in total. The number of amides is 1. The Morgan fingerprint density at radius 3 is 2.56 bits per heavy atom. The molecule has 2 rings (SSSR count). The summed E-state index contributed by atoms with van der Waals surface area (Å²) < 4.78 is 0. The highest BCUT2D eigenvalue weighted by Gasteiger charge is 2.14. The highest BCUT2D eigenvalue weighted by Crippen LogP contribution is 2.24. The number of benzene rings is 1. The van der Waals surface area contributed by atoms with Gasteiger partial charge < -0.3 is 11.1 Å². The van der Waals surface area contributed by atoms with Crippen LogP contribution >= 0.6 is 11.3 Å². The van der Waals surface area contributed by atoms with E-state index in [1.807, 2.05) is 44.2 Å². The van der Waals surface area contributed by atoms with Crippen molar-refractivity contribution in [1.29, 1.82) is 0 Å². The SMILES string of the molecule is Cc1sc(C(=O)N[C@@H](C)c2ccccc2)cc1N. The van der Waals surface area contributed by atoms with Crippen LogP contribution in [0.2, 0.25) is 0 Å². The zero-order valence-corrected chi connectivity index (χ0v) is 11.3. The van der Waals surface area contributed by atoms with Crippen LogP contribution in [0, 0.1) is 6.92 Å². The molecule has 1 aromatic carbocycles. The molecular weight excluding hydrogens is 244 g/mol. The highest BCUT2D eigenvalue weighted by atomic mass is 32.1. The van der Waals surface area contributed by atoms with E-state index < -0.39 is 0 Å². The van der Waals surface area contributed by atoms with Crippen molar-refractivity contribution in [1.82, 2.24) is 5.32 Å². The molecule has 4 heteroatoms. The van der Waals surface area contributed by atoms with Gasteiger partial charge in [-0.15, -0.1) is 11.3 Å². The fraction of sp³-hybridized carbons (Fsp3) is 0.214. The number of nitrogens with one attached hydrogen (secondary N) is 1. The van der Waals surface area contributed by atoms with E-state index in [0.717, 1.165) is 10.4 Å². The van der Waals surface area contributed by atoms with E-state index >= 15 is 0 Å². The second-order valence-corrected chi connectivity index (χ2v) is 5.48. The summed E-state index contributed by atoms with van der Waals surface area (Å²) in [6.07, 6.45) is 0. The molecule has 18 heavy (non-hydrogen) atoms. The van der Waals surface area contributed by atoms with Crippen LogP contribution in [0.1, 0.15) is 33.1 Å². The standard InChI is InChI=1S/C14H16N2OS/c1-9(11-6-4-3-5-7-11)16-14(17)13-8-12(15)10(2)18-13/h3-9H,15H2,1-2H3,(H,16,17)/t9-/m0/s1. The number of carbonyl (C=O) groups excluding carboxylic acids is 1. The number of thiophene rings is 1. The number of aryl methyl sites for hydroxylation is 1. The Kier molecular flexibility index (Phi) is 3.67. The number of hydrogen-bond acceptors (Lipinski definition) is 3. The zero-order valence-electron chi connectivity index (χ0n) is 10.4. The average Bonchev–Trinajstić information content (AvgIpc) is 2.71. The number of nitrogen functional groups attached to an aromatic ring is 1. The van der Waals surface area contributed by atoms with Crippen LogP contribution in [0.4, 0.5) is 5.69 Å². The molecule has 0 aliphatic heterocycles. The minimum atomic E-state index is -0.0730. The largest absolute Gasteiger partial charge is 0.398 e. The quantitative estimate of drug-likeness (QED) is 0.890. The third-order valence-electron chi connectivity index (χ3n) is 2.83. The van der Waals surface area contributed by atoms with Crippen LogP contribution in [0.3, 0.4) is 0 Å². The van der Waals surface area contributed by atoms with E-state index in [0.29, 0.717) is 10.6 Å². The molecule has 0 fully saturated rings. The van der Waals surface area contributed by atoms with Crippen LogP contribution in [-0.2, 0) is 0 Å². The van der Waals surface area contributed by atoms with Crippen molar-refractivity contribution in [3.63, 3.8) is 0 Å². The maximum Gasteiger partial charge on any atom is 0.261 e. The van der Waals surface area contributed by atoms with E-state index in [4.69, 9.17) is 5.73 Å². The molecule has 0 bridgehead atoms. The van der Waals surface area contributed by atoms with Crippen LogP contribution < -0.4 is 11.1 Å². The molecule has 1 atom stereocenters. The molecule has 0 radical (unpaired) electrons. The van der Waals surface area contributed by atoms with E-state index in [1.165, 1.54) is 11.3 Å². The maximum absolute atomic E-state index is 12.0. The Balaban J connectivity index is 2.08. The van der Waals surface area contributed by atoms with Crippen LogP contribution in [-0.4, -0.2) is 5.91 Å². The van der Waals surface area contributed by atoms with Crippen LogP contribution in [0.25, 0.3) is 0 Å². The molecule has 2 aromatic rings. The first-order chi connectivity index (χ1) is 8.58. The molecule has 3 nitrogen and oxygen atoms in total. The summed E-state index contributed by atoms with van der Waals surface area (Å²) in [4.78, 5) is 13.7. The van der Waals surface area contributed by atoms with Gasteiger partial charge in [-0.2, -0.15) is 0 Å². The van der Waals surface area contributed by atoms with Crippen molar-refractivity contribution < 1.29 is 4.79 Å². The third-order valence-corrected chi connectivity index (χ3v) is 3.89. The number of nitrogens with two attached hydrogens (primary N) is 1. The third kappa shape index (κ3) is 2.71. The van der Waals surface area contributed by atoms with Crippen molar-refractivity contribution >= 4 is 22.9 Å². The Labute approximate surface area is 111 Å². The van der Waals surface area contributed by atoms with Crippen molar-refractivity contribution in [2.45, 2.75) is 19.9 Å². The van der Waals surface area contributed by atoms with Gasteiger partial charge in [0.25, 0.3) is 5.91 Å². The van der Waals surface area contributed by atoms with Gasteiger partial charge in [0, 0.05) is 10.6 Å². The Morgan fingerprint density at radius 2 is 2.00 bits per heavy atom. The van der Waals surface area contributed by atoms with Crippen molar-refractivity contribution in [2.24, 2.45) is 0 Å². The summed E-state index contributed by atoms with van der Waals surface area (Å²) in [5.41, 5.74) is 7.52. The molecule has 0 aliphatic rings. The summed E-state index contributed by atoms with van der Waals surface area (Å²) in [5, 5.41) is 2.97. The number of rotatable bonds is 3. The van der Waals surface area contributed by atoms with Crippen molar-refractivity contribution in [3.05, 3.63) is 51.7 Å². The van der Waals surface area contributed by atoms with Gasteiger partial charge in [0.05, 0.1) is 10.9 Å². The molecule has 1 aromatic heterocycles. The maximum atomic E-state index is 12.0. The van der Waals surface area contributed by atoms with Gasteiger partial charge in [-0.05, 0) is 25.5 Å². The summed E-state index contributed by atoms with van der Waals surface area (Å²) in [7, 11) is 0. The molecule has 0 unspecified atom stereocenters. The van der Waals surface area contributed by atoms with E-state index in [9.17, 15) is 4.79 Å². The van der Waals surface area contributed by atoms with E-state index in [2.05, 4.69) is 5.32 Å². The van der Waals surface area contributed by atoms with Gasteiger partial charge in [-0.3, -0.25) is 4.79 Å². The molecule has 1 amide bonds. The first kappa shape index (κ1) is 12.6. The van der Waals surface area contributed by atoms with Gasteiger partial charge in [-0.25, -0.2) is 0 Å². The fourth-order valence-electron chi connectivity index (χ4n) is 1.70. The number of carbonyl (C=O) groups is 1. The molecule has 0 saturated carbocycles. The Hall–Kier alpha value is -1.81. The first-order valence-electron chi connectivity index (χ1n) is 5.79. The number of anilines is 1. The van der Waals surface area contributed by atoms with Gasteiger partial charge in [0.15, 0.2) is 0 Å². The number of hydrogen-bond donors (Lipinski definition) is 2. The molecule has 0 saturated heterocycles. The zero-order chi connectivity index (χ0) is 13.1. The first-order valence-corrected chi connectivity index (χ1v) is 6.61. The normalized spacial score (nSPS) is 12.1. The van der Waals surface area contributed by atoms with E-state index in [1.54, 1.807) is 6.07 Å². The Morgan fingerprint density at radius 1 is 1.33 bits per heavy atom. The smallest absolute Gasteiger partial charge is 0.261 e. The lowest BCUT2D eigenvalue weighted by Gasteiger charge is -2.13. The molecule has 1 heterocycles. The summed E-state index contributed by atoms with van der Waals surface area (Å²) in [6, 6.07) is 11.6. The van der Waals surface area contributed by atoms with Crippen LogP contribution in [0.5, 0.6) is 0 Å². The lowest BCUT2D eigenvalue weighted by atomic mass is 10.1.